The molecule has 2 N–H and O–H groups in total. The summed E-state index contributed by atoms with van der Waals surface area (Å²) in [6.45, 7) is 5.23. The molecule has 1 aliphatic heterocycles. The van der Waals surface area contributed by atoms with Crippen LogP contribution in [0.25, 0.3) is 0 Å². The molecule has 0 radical (unpaired) electrons. The van der Waals surface area contributed by atoms with Gasteiger partial charge in [-0.05, 0) is 25.5 Å². The van der Waals surface area contributed by atoms with E-state index in [2.05, 4.69) is 32.6 Å². The number of nitrogens with zero attached hydrogens (tertiary/aromatic N) is 4. The highest BCUT2D eigenvalue weighted by Gasteiger charge is 2.22. The van der Waals surface area contributed by atoms with Crippen LogP contribution in [0.3, 0.4) is 0 Å². The lowest BCUT2D eigenvalue weighted by molar-refractivity contribution is 0.213. The van der Waals surface area contributed by atoms with Crippen LogP contribution in [0.15, 0.2) is 29.3 Å². The summed E-state index contributed by atoms with van der Waals surface area (Å²) >= 11 is 0. The Kier molecular flexibility index (Phi) is 8.46. The lowest BCUT2D eigenvalue weighted by Crippen LogP contribution is -2.48. The first-order valence-corrected chi connectivity index (χ1v) is 9.40. The van der Waals surface area contributed by atoms with Gasteiger partial charge in [0.15, 0.2) is 23.4 Å². The number of hydrogen-bond acceptors (Lipinski definition) is 4. The second-order valence-corrected chi connectivity index (χ2v) is 6.67. The smallest absolute Gasteiger partial charge is 0.191 e. The van der Waals surface area contributed by atoms with E-state index in [1.54, 1.807) is 25.2 Å². The molecule has 0 bridgehead atoms. The number of halogens is 2. The van der Waals surface area contributed by atoms with Crippen LogP contribution in [0.2, 0.25) is 0 Å². The number of aromatic nitrogens is 3. The highest BCUT2D eigenvalue weighted by Crippen LogP contribution is 2.17. The van der Waals surface area contributed by atoms with Gasteiger partial charge in [-0.1, -0.05) is 19.1 Å². The molecular formula is C19H28FIN6O. The summed E-state index contributed by atoms with van der Waals surface area (Å²) in [5.74, 6) is 2.55. The van der Waals surface area contributed by atoms with Crippen molar-refractivity contribution in [1.82, 2.24) is 25.4 Å². The van der Waals surface area contributed by atoms with Crippen LogP contribution in [0, 0.1) is 5.82 Å². The first-order chi connectivity index (χ1) is 13.1. The van der Waals surface area contributed by atoms with Gasteiger partial charge < -0.3 is 15.4 Å². The molecule has 2 heterocycles. The van der Waals surface area contributed by atoms with Crippen molar-refractivity contribution in [3.63, 3.8) is 0 Å². The number of hydrogen-bond donors (Lipinski definition) is 2. The van der Waals surface area contributed by atoms with Gasteiger partial charge in [-0.15, -0.1) is 24.0 Å². The Morgan fingerprint density at radius 3 is 2.93 bits per heavy atom. The molecule has 3 rings (SSSR count). The summed E-state index contributed by atoms with van der Waals surface area (Å²) in [6.07, 6.45) is 2.51. The molecule has 1 aromatic carbocycles. The summed E-state index contributed by atoms with van der Waals surface area (Å²) in [5, 5.41) is 11.2. The van der Waals surface area contributed by atoms with Crippen molar-refractivity contribution in [3.05, 3.63) is 41.7 Å². The molecule has 0 fully saturated rings. The van der Waals surface area contributed by atoms with Crippen LogP contribution in [-0.2, 0) is 19.4 Å². The van der Waals surface area contributed by atoms with Gasteiger partial charge in [0.2, 0.25) is 0 Å². The summed E-state index contributed by atoms with van der Waals surface area (Å²) in [4.78, 5) is 8.82. The summed E-state index contributed by atoms with van der Waals surface area (Å²) in [6, 6.07) is 6.65. The number of benzene rings is 1. The van der Waals surface area contributed by atoms with Crippen molar-refractivity contribution < 1.29 is 9.13 Å². The quantitative estimate of drug-likeness (QED) is 0.361. The third kappa shape index (κ3) is 5.79. The third-order valence-electron chi connectivity index (χ3n) is 4.50. The zero-order valence-electron chi connectivity index (χ0n) is 16.5. The largest absolute Gasteiger partial charge is 0.486 e. The van der Waals surface area contributed by atoms with Crippen LogP contribution in [0.5, 0.6) is 5.75 Å². The van der Waals surface area contributed by atoms with Crippen molar-refractivity contribution in [2.75, 3.05) is 13.6 Å². The molecular weight excluding hydrogens is 474 g/mol. The Morgan fingerprint density at radius 2 is 2.21 bits per heavy atom. The fraction of sp³-hybridized carbons (Fsp3) is 0.526. The van der Waals surface area contributed by atoms with E-state index < -0.39 is 0 Å². The van der Waals surface area contributed by atoms with Gasteiger partial charge in [-0.2, -0.15) is 5.10 Å². The predicted molar refractivity (Wildman–Crippen MR) is 118 cm³/mol. The minimum Gasteiger partial charge on any atom is -0.486 e. The Balaban J connectivity index is 0.00000280. The molecule has 2 unspecified atom stereocenters. The minimum absolute atomic E-state index is 0. The lowest BCUT2D eigenvalue weighted by atomic mass is 10.1. The Labute approximate surface area is 182 Å². The minimum atomic E-state index is -0.357. The average Bonchev–Trinajstić information content (AvgIpc) is 3.09. The van der Waals surface area contributed by atoms with Crippen LogP contribution in [-0.4, -0.2) is 46.5 Å². The monoisotopic (exact) mass is 502 g/mol. The van der Waals surface area contributed by atoms with Gasteiger partial charge in [0.1, 0.15) is 11.9 Å². The van der Waals surface area contributed by atoms with Gasteiger partial charge in [0.05, 0.1) is 13.1 Å². The molecule has 0 aliphatic carbocycles. The number of rotatable bonds is 6. The van der Waals surface area contributed by atoms with Crippen molar-refractivity contribution in [1.29, 1.82) is 0 Å². The zero-order chi connectivity index (χ0) is 19.2. The van der Waals surface area contributed by atoms with Crippen LogP contribution in [0.1, 0.15) is 31.9 Å². The molecule has 9 heteroatoms. The molecule has 1 aromatic heterocycles. The standard InChI is InChI=1S/C19H27FN6O.HI/c1-4-17-24-18-10-9-14(12-26(18)25-17)23-19(21-3)22-11-13(2)27-16-8-6-5-7-15(16)20;/h5-8,13-14H,4,9-12H2,1-3H3,(H2,21,22,23);1H. The first kappa shape index (κ1) is 22.4. The van der Waals surface area contributed by atoms with E-state index in [1.165, 1.54) is 6.07 Å². The third-order valence-corrected chi connectivity index (χ3v) is 4.50. The van der Waals surface area contributed by atoms with E-state index >= 15 is 0 Å². The van der Waals surface area contributed by atoms with Crippen molar-refractivity contribution >= 4 is 29.9 Å². The number of nitrogens with one attached hydrogen (secondary N) is 2. The Bertz CT molecular complexity index is 796. The van der Waals surface area contributed by atoms with Gasteiger partial charge in [-0.3, -0.25) is 4.99 Å². The number of fused-ring (bicyclic) bond motifs is 1. The number of guanidine groups is 1. The van der Waals surface area contributed by atoms with Crippen molar-refractivity contribution in [2.24, 2.45) is 4.99 Å². The molecule has 7 nitrogen and oxygen atoms in total. The molecule has 2 aromatic rings. The van der Waals surface area contributed by atoms with E-state index in [-0.39, 0.29) is 47.7 Å². The molecule has 2 atom stereocenters. The number of para-hydroxylation sites is 1. The maximum Gasteiger partial charge on any atom is 0.191 e. The topological polar surface area (TPSA) is 76.4 Å². The first-order valence-electron chi connectivity index (χ1n) is 9.40. The number of aliphatic imine (C=N–C) groups is 1. The van der Waals surface area contributed by atoms with Gasteiger partial charge in [0, 0.05) is 25.9 Å². The summed E-state index contributed by atoms with van der Waals surface area (Å²) in [5.41, 5.74) is 0. The predicted octanol–water partition coefficient (Wildman–Crippen LogP) is 2.54. The van der Waals surface area contributed by atoms with Crippen LogP contribution < -0.4 is 15.4 Å². The lowest BCUT2D eigenvalue weighted by Gasteiger charge is -2.26. The van der Waals surface area contributed by atoms with E-state index in [9.17, 15) is 4.39 Å². The number of aryl methyl sites for hydroxylation is 2. The highest BCUT2D eigenvalue weighted by atomic mass is 127. The SMILES string of the molecule is CCc1nc2n(n1)CC(NC(=NC)NCC(C)Oc1ccccc1F)CC2.I. The van der Waals surface area contributed by atoms with E-state index in [0.29, 0.717) is 12.5 Å². The highest BCUT2D eigenvalue weighted by molar-refractivity contribution is 14.0. The molecule has 0 saturated carbocycles. The van der Waals surface area contributed by atoms with Gasteiger partial charge in [-0.25, -0.2) is 14.1 Å². The summed E-state index contributed by atoms with van der Waals surface area (Å²) in [7, 11) is 1.73. The molecule has 1 aliphatic rings. The van der Waals surface area contributed by atoms with Gasteiger partial charge in [0.25, 0.3) is 0 Å². The summed E-state index contributed by atoms with van der Waals surface area (Å²) < 4.78 is 21.3. The fourth-order valence-corrected chi connectivity index (χ4v) is 3.06. The zero-order valence-corrected chi connectivity index (χ0v) is 18.8. The second-order valence-electron chi connectivity index (χ2n) is 6.67. The van der Waals surface area contributed by atoms with Crippen LogP contribution in [0.4, 0.5) is 4.39 Å². The second kappa shape index (κ2) is 10.6. The molecule has 28 heavy (non-hydrogen) atoms. The average molecular weight is 502 g/mol. The van der Waals surface area contributed by atoms with E-state index in [0.717, 1.165) is 37.5 Å². The van der Waals surface area contributed by atoms with Crippen molar-refractivity contribution in [2.45, 2.75) is 51.8 Å². The van der Waals surface area contributed by atoms with Gasteiger partial charge >= 0.3 is 0 Å². The maximum absolute atomic E-state index is 13.7. The maximum atomic E-state index is 13.7. The van der Waals surface area contributed by atoms with Crippen LogP contribution >= 0.6 is 24.0 Å². The van der Waals surface area contributed by atoms with E-state index in [1.807, 2.05) is 11.6 Å². The van der Waals surface area contributed by atoms with Crippen molar-refractivity contribution in [3.8, 4) is 5.75 Å². The Morgan fingerprint density at radius 1 is 1.43 bits per heavy atom. The molecule has 154 valence electrons. The molecule has 0 spiro atoms. The normalized spacial score (nSPS) is 17.3. The Hall–Kier alpha value is -1.91. The fourth-order valence-electron chi connectivity index (χ4n) is 3.06. The number of ether oxygens (including phenoxy) is 1. The molecule has 0 saturated heterocycles. The van der Waals surface area contributed by atoms with E-state index in [4.69, 9.17) is 4.74 Å². The molecule has 0 amide bonds.